The lowest BCUT2D eigenvalue weighted by molar-refractivity contribution is -0.141. The normalized spacial score (nSPS) is 13.7. The summed E-state index contributed by atoms with van der Waals surface area (Å²) in [6.45, 7) is -0.457. The molecule has 0 aliphatic heterocycles. The number of alkyl halides is 4. The summed E-state index contributed by atoms with van der Waals surface area (Å²) in [5.41, 5.74) is 0. The molecule has 0 saturated carbocycles. The fourth-order valence-corrected chi connectivity index (χ4v) is 0.501. The van der Waals surface area contributed by atoms with Crippen molar-refractivity contribution in [2.45, 2.75) is 9.17 Å². The van der Waals surface area contributed by atoms with Crippen molar-refractivity contribution in [2.75, 3.05) is 6.61 Å². The Labute approximate surface area is 88.8 Å². The molecule has 0 N–H and O–H groups in total. The van der Waals surface area contributed by atoms with Gasteiger partial charge in [-0.25, -0.2) is 4.79 Å². The van der Waals surface area contributed by atoms with Crippen LogP contribution < -0.4 is 0 Å². The van der Waals surface area contributed by atoms with E-state index in [9.17, 15) is 9.59 Å². The topological polar surface area (TPSA) is 43.4 Å². The second-order valence-corrected chi connectivity index (χ2v) is 4.66. The molecule has 1 radical (unpaired) electrons. The van der Waals surface area contributed by atoms with Gasteiger partial charge in [0.15, 0.2) is 5.38 Å². The molecule has 3 nitrogen and oxygen atoms in total. The third kappa shape index (κ3) is 5.89. The standard InChI is InChI=1S/C5H3Cl4O3/c6-3(1-10)4(11)12-2-5(7,8)9/h3H,2H2. The second-order valence-electron chi connectivity index (χ2n) is 1.70. The number of carbonyl (C=O) groups excluding carboxylic acids is 2. The van der Waals surface area contributed by atoms with Crippen molar-refractivity contribution in [3.8, 4) is 0 Å². The smallest absolute Gasteiger partial charge is 0.332 e. The molecule has 0 aromatic carbocycles. The van der Waals surface area contributed by atoms with Gasteiger partial charge in [0.1, 0.15) is 6.61 Å². The first-order valence-electron chi connectivity index (χ1n) is 2.62. The minimum absolute atomic E-state index is 0.457. The number of hydrogen-bond acceptors (Lipinski definition) is 3. The Morgan fingerprint density at radius 3 is 2.33 bits per heavy atom. The predicted octanol–water partition coefficient (Wildman–Crippen LogP) is 1.62. The van der Waals surface area contributed by atoms with Gasteiger partial charge in [-0.3, -0.25) is 4.79 Å². The molecule has 0 spiro atoms. The molecule has 0 aromatic heterocycles. The van der Waals surface area contributed by atoms with E-state index in [2.05, 4.69) is 4.74 Å². The van der Waals surface area contributed by atoms with Crippen LogP contribution in [-0.4, -0.2) is 28.0 Å². The Morgan fingerprint density at radius 1 is 1.50 bits per heavy atom. The van der Waals surface area contributed by atoms with Gasteiger partial charge >= 0.3 is 5.97 Å². The van der Waals surface area contributed by atoms with Crippen LogP contribution in [0.5, 0.6) is 0 Å². The average molecular weight is 253 g/mol. The molecule has 0 heterocycles. The summed E-state index contributed by atoms with van der Waals surface area (Å²) in [6.07, 6.45) is 1.21. The Kier molecular flexibility index (Phi) is 5.25. The summed E-state index contributed by atoms with van der Waals surface area (Å²) in [6, 6.07) is 0. The van der Waals surface area contributed by atoms with Crippen LogP contribution >= 0.6 is 46.4 Å². The summed E-state index contributed by atoms with van der Waals surface area (Å²) in [5.74, 6) is -0.988. The molecule has 0 aromatic rings. The molecule has 7 heteroatoms. The summed E-state index contributed by atoms with van der Waals surface area (Å²) in [5, 5.41) is -1.47. The first-order chi connectivity index (χ1) is 5.37. The van der Waals surface area contributed by atoms with Gasteiger partial charge in [0.2, 0.25) is 10.1 Å². The molecule has 0 saturated heterocycles. The molecular formula is C5H3Cl4O3. The van der Waals surface area contributed by atoms with Crippen molar-refractivity contribution < 1.29 is 14.3 Å². The van der Waals surface area contributed by atoms with Crippen LogP contribution in [0.25, 0.3) is 0 Å². The van der Waals surface area contributed by atoms with E-state index in [1.54, 1.807) is 0 Å². The maximum atomic E-state index is 10.6. The largest absolute Gasteiger partial charge is 0.460 e. The highest BCUT2D eigenvalue weighted by Gasteiger charge is 2.25. The average Bonchev–Trinajstić information content (AvgIpc) is 1.97. The molecule has 12 heavy (non-hydrogen) atoms. The summed E-state index contributed by atoms with van der Waals surface area (Å²) in [7, 11) is 0. The first-order valence-corrected chi connectivity index (χ1v) is 4.19. The highest BCUT2D eigenvalue weighted by atomic mass is 35.6. The van der Waals surface area contributed by atoms with E-state index in [1.807, 2.05) is 0 Å². The Hall–Kier alpha value is 0.300. The van der Waals surface area contributed by atoms with Gasteiger partial charge in [0.25, 0.3) is 0 Å². The molecule has 1 atom stereocenters. The molecule has 0 bridgehead atoms. The third-order valence-corrected chi connectivity index (χ3v) is 1.28. The van der Waals surface area contributed by atoms with Crippen LogP contribution in [0.15, 0.2) is 0 Å². The number of hydrogen-bond donors (Lipinski definition) is 0. The van der Waals surface area contributed by atoms with Gasteiger partial charge in [0, 0.05) is 0 Å². The number of esters is 1. The zero-order valence-electron chi connectivity index (χ0n) is 5.52. The van der Waals surface area contributed by atoms with Gasteiger partial charge in [-0.15, -0.1) is 11.6 Å². The van der Waals surface area contributed by atoms with Crippen molar-refractivity contribution in [1.82, 2.24) is 0 Å². The maximum absolute atomic E-state index is 10.6. The lowest BCUT2D eigenvalue weighted by Crippen LogP contribution is -2.24. The fourth-order valence-electron chi connectivity index (χ4n) is 0.274. The van der Waals surface area contributed by atoms with Gasteiger partial charge in [-0.2, -0.15) is 0 Å². The van der Waals surface area contributed by atoms with Crippen LogP contribution in [-0.2, 0) is 14.3 Å². The molecular weight excluding hydrogens is 250 g/mol. The molecule has 0 amide bonds. The zero-order chi connectivity index (χ0) is 9.78. The van der Waals surface area contributed by atoms with Crippen LogP contribution in [0.2, 0.25) is 0 Å². The van der Waals surface area contributed by atoms with Gasteiger partial charge in [-0.1, -0.05) is 34.8 Å². The molecule has 1 unspecified atom stereocenters. The van der Waals surface area contributed by atoms with Crippen molar-refractivity contribution in [3.63, 3.8) is 0 Å². The highest BCUT2D eigenvalue weighted by Crippen LogP contribution is 2.26. The number of carbonyl (C=O) groups is 1. The van der Waals surface area contributed by atoms with Crippen molar-refractivity contribution >= 4 is 58.7 Å². The lowest BCUT2D eigenvalue weighted by atomic mass is 10.5. The van der Waals surface area contributed by atoms with E-state index in [0.717, 1.165) is 0 Å². The number of rotatable bonds is 3. The number of ether oxygens (including phenoxy) is 1. The fraction of sp³-hybridized carbons (Fsp3) is 0.600. The van der Waals surface area contributed by atoms with E-state index in [-0.39, 0.29) is 0 Å². The van der Waals surface area contributed by atoms with E-state index >= 15 is 0 Å². The number of halogens is 4. The maximum Gasteiger partial charge on any atom is 0.332 e. The monoisotopic (exact) mass is 251 g/mol. The quantitative estimate of drug-likeness (QED) is 0.436. The Morgan fingerprint density at radius 2 is 2.00 bits per heavy atom. The van der Waals surface area contributed by atoms with Gasteiger partial charge in [-0.05, 0) is 0 Å². The summed E-state index contributed by atoms with van der Waals surface area (Å²) < 4.78 is 2.63. The van der Waals surface area contributed by atoms with E-state index in [0.29, 0.717) is 0 Å². The van der Waals surface area contributed by atoms with Crippen LogP contribution in [0.4, 0.5) is 0 Å². The van der Waals surface area contributed by atoms with E-state index in [4.69, 9.17) is 46.4 Å². The molecule has 0 fully saturated rings. The predicted molar refractivity (Wildman–Crippen MR) is 46.6 cm³/mol. The van der Waals surface area contributed by atoms with Crippen molar-refractivity contribution in [3.05, 3.63) is 0 Å². The lowest BCUT2D eigenvalue weighted by Gasteiger charge is -2.10. The minimum atomic E-state index is -1.70. The van der Waals surface area contributed by atoms with E-state index in [1.165, 1.54) is 6.29 Å². The van der Waals surface area contributed by atoms with Crippen molar-refractivity contribution in [2.24, 2.45) is 0 Å². The molecule has 0 aliphatic carbocycles. The summed E-state index contributed by atoms with van der Waals surface area (Å²) in [4.78, 5) is 20.4. The first kappa shape index (κ1) is 12.3. The second kappa shape index (κ2) is 5.12. The highest BCUT2D eigenvalue weighted by molar-refractivity contribution is 6.67. The van der Waals surface area contributed by atoms with Crippen LogP contribution in [0.3, 0.4) is 0 Å². The van der Waals surface area contributed by atoms with Gasteiger partial charge < -0.3 is 4.74 Å². The summed E-state index contributed by atoms with van der Waals surface area (Å²) >= 11 is 20.8. The molecule has 69 valence electrons. The molecule has 0 aliphatic rings. The van der Waals surface area contributed by atoms with Crippen molar-refractivity contribution in [1.29, 1.82) is 0 Å². The SMILES string of the molecule is O=[C]C(Cl)C(=O)OCC(Cl)(Cl)Cl. The Balaban J connectivity index is 3.80. The Bertz CT molecular complexity index is 176. The van der Waals surface area contributed by atoms with Crippen LogP contribution in [0, 0.1) is 0 Å². The van der Waals surface area contributed by atoms with Crippen LogP contribution in [0.1, 0.15) is 0 Å². The van der Waals surface area contributed by atoms with E-state index < -0.39 is 21.7 Å². The minimum Gasteiger partial charge on any atom is -0.460 e. The third-order valence-electron chi connectivity index (χ3n) is 0.688. The van der Waals surface area contributed by atoms with Gasteiger partial charge in [0.05, 0.1) is 0 Å². The zero-order valence-corrected chi connectivity index (χ0v) is 8.54. The molecule has 0 rings (SSSR count).